The van der Waals surface area contributed by atoms with Gasteiger partial charge in [-0.1, -0.05) is 54.6 Å². The van der Waals surface area contributed by atoms with E-state index in [-0.39, 0.29) is 11.9 Å². The highest BCUT2D eigenvalue weighted by Gasteiger charge is 2.25. The van der Waals surface area contributed by atoms with Crippen molar-refractivity contribution in [2.75, 3.05) is 18.0 Å². The number of alkyl halides is 2. The van der Waals surface area contributed by atoms with Gasteiger partial charge in [0.1, 0.15) is 0 Å². The van der Waals surface area contributed by atoms with Crippen molar-refractivity contribution < 1.29 is 18.0 Å². The molecule has 0 atom stereocenters. The van der Waals surface area contributed by atoms with Crippen LogP contribution in [-0.2, 0) is 6.54 Å². The van der Waals surface area contributed by atoms with E-state index >= 15 is 0 Å². The lowest BCUT2D eigenvalue weighted by Crippen LogP contribution is -2.45. The predicted molar refractivity (Wildman–Crippen MR) is 134 cm³/mol. The molecule has 0 spiro atoms. The summed E-state index contributed by atoms with van der Waals surface area (Å²) in [6.45, 7) is 1.85. The summed E-state index contributed by atoms with van der Waals surface area (Å²) in [7, 11) is 0. The molecular weight excluding hydrogens is 462 g/mol. The first-order chi connectivity index (χ1) is 17.6. The number of aromatic nitrogens is 2. The molecule has 4 aromatic rings. The Morgan fingerprint density at radius 1 is 0.861 bits per heavy atom. The fourth-order valence-electron chi connectivity index (χ4n) is 4.38. The smallest absolute Gasteiger partial charge is 0.324 e. The van der Waals surface area contributed by atoms with E-state index in [2.05, 4.69) is 10.2 Å². The van der Waals surface area contributed by atoms with Crippen molar-refractivity contribution in [1.29, 1.82) is 0 Å². The molecule has 3 aromatic carbocycles. The standard InChI is InChI=1S/C28H26F2N4O2/c29-25(30)27-32-31-26(36-27)22-14-12-20(13-15-22)19-34(28(35)33-16-5-2-6-17-33)24-11-7-10-23(18-24)21-8-3-1-4-9-21/h1,3-4,7-15,18,25H,2,5-6,16-17,19H2. The Labute approximate surface area is 208 Å². The van der Waals surface area contributed by atoms with Crippen molar-refractivity contribution in [3.05, 3.63) is 90.3 Å². The molecule has 2 amide bonds. The number of carbonyl (C=O) groups excluding carboxylic acids is 1. The summed E-state index contributed by atoms with van der Waals surface area (Å²) in [6.07, 6.45) is 0.329. The van der Waals surface area contributed by atoms with Gasteiger partial charge in [-0.25, -0.2) is 4.79 Å². The lowest BCUT2D eigenvalue weighted by molar-refractivity contribution is 0.116. The summed E-state index contributed by atoms with van der Waals surface area (Å²) in [5, 5.41) is 7.09. The molecule has 8 heteroatoms. The minimum Gasteiger partial charge on any atom is -0.415 e. The van der Waals surface area contributed by atoms with Crippen LogP contribution >= 0.6 is 0 Å². The molecule has 0 saturated carbocycles. The number of anilines is 1. The van der Waals surface area contributed by atoms with Gasteiger partial charge in [0.2, 0.25) is 5.89 Å². The number of urea groups is 1. The molecule has 0 aliphatic carbocycles. The highest BCUT2D eigenvalue weighted by Crippen LogP contribution is 2.28. The number of hydrogen-bond acceptors (Lipinski definition) is 4. The average molecular weight is 489 g/mol. The van der Waals surface area contributed by atoms with E-state index in [1.165, 1.54) is 0 Å². The Morgan fingerprint density at radius 3 is 2.28 bits per heavy atom. The van der Waals surface area contributed by atoms with Crippen LogP contribution in [0, 0.1) is 0 Å². The third-order valence-corrected chi connectivity index (χ3v) is 6.29. The van der Waals surface area contributed by atoms with Gasteiger partial charge in [-0.05, 0) is 60.2 Å². The summed E-state index contributed by atoms with van der Waals surface area (Å²) in [6, 6.07) is 25.2. The molecule has 1 aliphatic rings. The molecular formula is C28H26F2N4O2. The van der Waals surface area contributed by atoms with Crippen LogP contribution in [0.5, 0.6) is 0 Å². The Balaban J connectivity index is 1.43. The fourth-order valence-corrected chi connectivity index (χ4v) is 4.38. The summed E-state index contributed by atoms with van der Waals surface area (Å²) in [5.74, 6) is -0.667. The van der Waals surface area contributed by atoms with Crippen LogP contribution in [0.1, 0.15) is 37.1 Å². The third-order valence-electron chi connectivity index (χ3n) is 6.29. The third kappa shape index (κ3) is 5.27. The first-order valence-corrected chi connectivity index (χ1v) is 12.0. The predicted octanol–water partition coefficient (Wildman–Crippen LogP) is 6.95. The van der Waals surface area contributed by atoms with Gasteiger partial charge in [-0.2, -0.15) is 8.78 Å². The second-order valence-corrected chi connectivity index (χ2v) is 8.78. The summed E-state index contributed by atoms with van der Waals surface area (Å²) >= 11 is 0. The van der Waals surface area contributed by atoms with Crippen molar-refractivity contribution in [1.82, 2.24) is 15.1 Å². The molecule has 1 aromatic heterocycles. The molecule has 0 bridgehead atoms. The van der Waals surface area contributed by atoms with Crippen LogP contribution in [0.15, 0.2) is 83.3 Å². The maximum atomic E-state index is 13.7. The van der Waals surface area contributed by atoms with E-state index in [9.17, 15) is 13.6 Å². The van der Waals surface area contributed by atoms with Crippen molar-refractivity contribution in [3.63, 3.8) is 0 Å². The minimum atomic E-state index is -2.81. The van der Waals surface area contributed by atoms with E-state index in [4.69, 9.17) is 4.42 Å². The second-order valence-electron chi connectivity index (χ2n) is 8.78. The summed E-state index contributed by atoms with van der Waals surface area (Å²) in [4.78, 5) is 17.4. The van der Waals surface area contributed by atoms with E-state index in [0.717, 1.165) is 54.7 Å². The Bertz CT molecular complexity index is 1300. The first-order valence-electron chi connectivity index (χ1n) is 12.0. The van der Waals surface area contributed by atoms with Gasteiger partial charge >= 0.3 is 12.5 Å². The van der Waals surface area contributed by atoms with Gasteiger partial charge in [0.15, 0.2) is 0 Å². The van der Waals surface area contributed by atoms with Crippen molar-refractivity contribution in [2.24, 2.45) is 0 Å². The molecule has 0 radical (unpaired) electrons. The zero-order valence-electron chi connectivity index (χ0n) is 19.7. The van der Waals surface area contributed by atoms with Gasteiger partial charge in [-0.3, -0.25) is 4.90 Å². The van der Waals surface area contributed by atoms with Crippen molar-refractivity contribution in [3.8, 4) is 22.6 Å². The molecule has 1 aliphatic heterocycles. The number of likely N-dealkylation sites (tertiary alicyclic amines) is 1. The van der Waals surface area contributed by atoms with E-state index in [0.29, 0.717) is 12.1 Å². The molecule has 0 unspecified atom stereocenters. The van der Waals surface area contributed by atoms with Crippen LogP contribution in [-0.4, -0.2) is 34.2 Å². The lowest BCUT2D eigenvalue weighted by Gasteiger charge is -2.33. The lowest BCUT2D eigenvalue weighted by atomic mass is 10.0. The minimum absolute atomic E-state index is 0.0255. The monoisotopic (exact) mass is 488 g/mol. The summed E-state index contributed by atoms with van der Waals surface area (Å²) in [5.41, 5.74) is 4.36. The normalized spacial score (nSPS) is 13.7. The number of benzene rings is 3. The van der Waals surface area contributed by atoms with Crippen LogP contribution < -0.4 is 4.90 Å². The number of carbonyl (C=O) groups is 1. The number of amides is 2. The Hall–Kier alpha value is -4.07. The Morgan fingerprint density at radius 2 is 1.58 bits per heavy atom. The highest BCUT2D eigenvalue weighted by atomic mass is 19.3. The average Bonchev–Trinajstić information content (AvgIpc) is 3.44. The van der Waals surface area contributed by atoms with Gasteiger partial charge in [-0.15, -0.1) is 10.2 Å². The number of rotatable bonds is 6. The van der Waals surface area contributed by atoms with Crippen LogP contribution in [0.2, 0.25) is 0 Å². The maximum absolute atomic E-state index is 13.7. The molecule has 1 fully saturated rings. The van der Waals surface area contributed by atoms with E-state index < -0.39 is 12.3 Å². The zero-order chi connectivity index (χ0) is 24.9. The van der Waals surface area contributed by atoms with Crippen LogP contribution in [0.4, 0.5) is 19.3 Å². The van der Waals surface area contributed by atoms with Crippen molar-refractivity contribution in [2.45, 2.75) is 32.2 Å². The highest BCUT2D eigenvalue weighted by molar-refractivity contribution is 5.93. The Kier molecular flexibility index (Phi) is 7.02. The van der Waals surface area contributed by atoms with Crippen molar-refractivity contribution >= 4 is 11.7 Å². The maximum Gasteiger partial charge on any atom is 0.324 e. The SMILES string of the molecule is O=C(N1CCCCC1)N(Cc1ccc(-c2nnc(C(F)F)o2)cc1)c1cccc(-c2ccccc2)c1. The zero-order valence-corrected chi connectivity index (χ0v) is 19.7. The van der Waals surface area contributed by atoms with Gasteiger partial charge in [0.05, 0.1) is 6.54 Å². The molecule has 2 heterocycles. The number of halogens is 2. The van der Waals surface area contributed by atoms with Gasteiger partial charge < -0.3 is 9.32 Å². The molecule has 5 rings (SSSR count). The van der Waals surface area contributed by atoms with Crippen LogP contribution in [0.25, 0.3) is 22.6 Å². The topological polar surface area (TPSA) is 62.5 Å². The summed E-state index contributed by atoms with van der Waals surface area (Å²) < 4.78 is 30.6. The second kappa shape index (κ2) is 10.7. The first kappa shape index (κ1) is 23.7. The molecule has 0 N–H and O–H groups in total. The molecule has 184 valence electrons. The van der Waals surface area contributed by atoms with E-state index in [1.807, 2.05) is 71.6 Å². The number of hydrogen-bond donors (Lipinski definition) is 0. The molecule has 36 heavy (non-hydrogen) atoms. The van der Waals surface area contributed by atoms with E-state index in [1.54, 1.807) is 17.0 Å². The van der Waals surface area contributed by atoms with Gasteiger partial charge in [0, 0.05) is 24.3 Å². The molecule has 6 nitrogen and oxygen atoms in total. The fraction of sp³-hybridized carbons (Fsp3) is 0.250. The number of nitrogens with zero attached hydrogens (tertiary/aromatic N) is 4. The molecule has 1 saturated heterocycles. The quantitative estimate of drug-likeness (QED) is 0.295. The van der Waals surface area contributed by atoms with Crippen LogP contribution in [0.3, 0.4) is 0 Å². The number of piperidine rings is 1. The largest absolute Gasteiger partial charge is 0.415 e. The van der Waals surface area contributed by atoms with Gasteiger partial charge in [0.25, 0.3) is 5.89 Å².